The Labute approximate surface area is 200 Å². The largest absolute Gasteiger partial charge is 0.494 e. The number of carbonyl (C=O) groups excluding carboxylic acids is 1. The van der Waals surface area contributed by atoms with E-state index in [1.54, 1.807) is 19.1 Å². The fourth-order valence-electron chi connectivity index (χ4n) is 2.93. The first-order valence-corrected chi connectivity index (χ1v) is 14.2. The number of anilines is 1. The number of alkyl halides is 2. The first kappa shape index (κ1) is 28.5. The molecule has 182 valence electrons. The van der Waals surface area contributed by atoms with Gasteiger partial charge in [0.2, 0.25) is 20.0 Å². The maximum atomic E-state index is 13.3. The highest BCUT2D eigenvalue weighted by Crippen LogP contribution is 2.38. The van der Waals surface area contributed by atoms with Gasteiger partial charge in [0.25, 0.3) is 0 Å². The van der Waals surface area contributed by atoms with Crippen LogP contribution in [0, 0.1) is 0 Å². The van der Waals surface area contributed by atoms with Gasteiger partial charge in [-0.2, -0.15) is 3.71 Å². The van der Waals surface area contributed by atoms with Crippen molar-refractivity contribution in [1.29, 1.82) is 0 Å². The zero-order valence-corrected chi connectivity index (χ0v) is 21.5. The van der Waals surface area contributed by atoms with Gasteiger partial charge >= 0.3 is 5.97 Å². The number of hydrogen-bond acceptors (Lipinski definition) is 7. The number of halogens is 2. The number of allylic oxidation sites excluding steroid dienone is 1. The smallest absolute Gasteiger partial charge is 0.337 e. The SMILES string of the molecule is C/C=C/c1cc(C(=O)OC)cc(N(S(=O)(=O)CCCCCl)S(=O)(=O)CCCCCl)c1OC. The predicted molar refractivity (Wildman–Crippen MR) is 129 cm³/mol. The van der Waals surface area contributed by atoms with Crippen molar-refractivity contribution in [3.63, 3.8) is 0 Å². The van der Waals surface area contributed by atoms with Crippen LogP contribution in [0.4, 0.5) is 5.69 Å². The molecule has 8 nitrogen and oxygen atoms in total. The summed E-state index contributed by atoms with van der Waals surface area (Å²) >= 11 is 11.3. The first-order valence-electron chi connectivity index (χ1n) is 9.90. The van der Waals surface area contributed by atoms with Gasteiger partial charge in [-0.25, -0.2) is 21.6 Å². The molecule has 0 aliphatic rings. The molecule has 0 fully saturated rings. The molecule has 0 saturated carbocycles. The molecule has 0 amide bonds. The summed E-state index contributed by atoms with van der Waals surface area (Å²) in [5.41, 5.74) is 0.0263. The Bertz CT molecular complexity index is 969. The highest BCUT2D eigenvalue weighted by molar-refractivity contribution is 8.10. The van der Waals surface area contributed by atoms with Gasteiger partial charge in [0, 0.05) is 17.3 Å². The van der Waals surface area contributed by atoms with Crippen LogP contribution in [-0.2, 0) is 24.8 Å². The van der Waals surface area contributed by atoms with Crippen LogP contribution in [0.3, 0.4) is 0 Å². The Balaban J connectivity index is 3.84. The van der Waals surface area contributed by atoms with Gasteiger partial charge in [-0.05, 0) is 44.7 Å². The Hall–Kier alpha value is -1.49. The Morgan fingerprint density at radius 3 is 1.91 bits per heavy atom. The van der Waals surface area contributed by atoms with E-state index in [2.05, 4.69) is 0 Å². The summed E-state index contributed by atoms with van der Waals surface area (Å²) in [6, 6.07) is 2.59. The van der Waals surface area contributed by atoms with Crippen molar-refractivity contribution in [2.75, 3.05) is 41.2 Å². The van der Waals surface area contributed by atoms with E-state index in [1.165, 1.54) is 20.3 Å². The quantitative estimate of drug-likeness (QED) is 0.203. The molecule has 0 aromatic heterocycles. The van der Waals surface area contributed by atoms with Crippen molar-refractivity contribution in [2.24, 2.45) is 0 Å². The number of methoxy groups -OCH3 is 2. The highest BCUT2D eigenvalue weighted by atomic mass is 35.5. The zero-order valence-electron chi connectivity index (χ0n) is 18.3. The molecular weight excluding hydrogens is 501 g/mol. The molecule has 0 unspecified atom stereocenters. The lowest BCUT2D eigenvalue weighted by atomic mass is 10.1. The van der Waals surface area contributed by atoms with Gasteiger partial charge < -0.3 is 9.47 Å². The molecule has 1 rings (SSSR count). The molecule has 0 aliphatic carbocycles. The van der Waals surface area contributed by atoms with Crippen molar-refractivity contribution in [3.8, 4) is 5.75 Å². The molecule has 0 radical (unpaired) electrons. The zero-order chi connectivity index (χ0) is 24.4. The molecule has 0 atom stereocenters. The average molecular weight is 530 g/mol. The van der Waals surface area contributed by atoms with Crippen molar-refractivity contribution in [3.05, 3.63) is 29.3 Å². The minimum absolute atomic E-state index is 0.00223. The van der Waals surface area contributed by atoms with E-state index in [1.807, 2.05) is 0 Å². The Morgan fingerprint density at radius 2 is 1.50 bits per heavy atom. The van der Waals surface area contributed by atoms with Crippen LogP contribution in [0.5, 0.6) is 5.75 Å². The van der Waals surface area contributed by atoms with Gasteiger partial charge in [-0.3, -0.25) is 0 Å². The third kappa shape index (κ3) is 7.54. The van der Waals surface area contributed by atoms with Crippen molar-refractivity contribution < 1.29 is 31.1 Å². The lowest BCUT2D eigenvalue weighted by molar-refractivity contribution is 0.0600. The summed E-state index contributed by atoms with van der Waals surface area (Å²) in [6.07, 6.45) is 4.35. The summed E-state index contributed by atoms with van der Waals surface area (Å²) in [7, 11) is -6.25. The summed E-state index contributed by atoms with van der Waals surface area (Å²) in [5, 5.41) is 0. The Morgan fingerprint density at radius 1 is 0.969 bits per heavy atom. The van der Waals surface area contributed by atoms with E-state index >= 15 is 0 Å². The summed E-state index contributed by atoms with van der Waals surface area (Å²) in [4.78, 5) is 12.2. The van der Waals surface area contributed by atoms with Crippen LogP contribution < -0.4 is 8.45 Å². The van der Waals surface area contributed by atoms with E-state index in [4.69, 9.17) is 32.7 Å². The van der Waals surface area contributed by atoms with Crippen LogP contribution in [0.25, 0.3) is 6.08 Å². The average Bonchev–Trinajstić information content (AvgIpc) is 2.73. The van der Waals surface area contributed by atoms with Crippen LogP contribution in [-0.4, -0.2) is 60.3 Å². The molecule has 32 heavy (non-hydrogen) atoms. The van der Waals surface area contributed by atoms with Gasteiger partial charge in [0.1, 0.15) is 5.69 Å². The van der Waals surface area contributed by atoms with E-state index in [9.17, 15) is 21.6 Å². The number of benzene rings is 1. The second-order valence-electron chi connectivity index (χ2n) is 6.73. The maximum absolute atomic E-state index is 13.3. The lowest BCUT2D eigenvalue weighted by Gasteiger charge is -2.26. The fourth-order valence-corrected chi connectivity index (χ4v) is 7.48. The van der Waals surface area contributed by atoms with E-state index < -0.39 is 37.5 Å². The van der Waals surface area contributed by atoms with Crippen LogP contribution in [0.15, 0.2) is 18.2 Å². The molecule has 12 heteroatoms. The molecule has 0 N–H and O–H groups in total. The lowest BCUT2D eigenvalue weighted by Crippen LogP contribution is -2.40. The van der Waals surface area contributed by atoms with Gasteiger partial charge in [0.15, 0.2) is 5.75 Å². The molecule has 0 saturated heterocycles. The first-order chi connectivity index (χ1) is 15.1. The third-order valence-electron chi connectivity index (χ3n) is 4.34. The number of sulfonamides is 2. The normalized spacial score (nSPS) is 12.2. The van der Waals surface area contributed by atoms with Gasteiger partial charge in [-0.1, -0.05) is 12.2 Å². The molecule has 1 aromatic carbocycles. The highest BCUT2D eigenvalue weighted by Gasteiger charge is 2.37. The third-order valence-corrected chi connectivity index (χ3v) is 9.25. The molecular formula is C20H29Cl2NO7S2. The topological polar surface area (TPSA) is 107 Å². The Kier molecular flexibility index (Phi) is 11.8. The van der Waals surface area contributed by atoms with E-state index in [0.29, 0.717) is 22.1 Å². The second kappa shape index (κ2) is 13.3. The molecule has 0 bridgehead atoms. The van der Waals surface area contributed by atoms with E-state index in [-0.39, 0.29) is 41.6 Å². The summed E-state index contributed by atoms with van der Waals surface area (Å²) in [5.74, 6) is -1.16. The number of nitrogens with zero attached hydrogens (tertiary/aromatic N) is 1. The number of ether oxygens (including phenoxy) is 2. The standard InChI is InChI=1S/C20H29Cl2NO7S2/c1-4-9-16-14-17(20(24)30-3)15-18(19(16)29-2)23(31(25,26)12-7-5-10-21)32(27,28)13-8-6-11-22/h4,9,14-15H,5-8,10-13H2,1-3H3/b9-4+. The van der Waals surface area contributed by atoms with Crippen LogP contribution in [0.1, 0.15) is 48.5 Å². The number of esters is 1. The number of carbonyl (C=O) groups is 1. The monoisotopic (exact) mass is 529 g/mol. The maximum Gasteiger partial charge on any atom is 0.337 e. The number of hydrogen-bond donors (Lipinski definition) is 0. The van der Waals surface area contributed by atoms with Crippen molar-refractivity contribution in [1.82, 2.24) is 0 Å². The number of unbranched alkanes of at least 4 members (excludes halogenated alkanes) is 2. The van der Waals surface area contributed by atoms with Crippen LogP contribution >= 0.6 is 23.2 Å². The van der Waals surface area contributed by atoms with Gasteiger partial charge in [0.05, 0.1) is 31.3 Å². The van der Waals surface area contributed by atoms with Crippen molar-refractivity contribution in [2.45, 2.75) is 32.6 Å². The molecule has 0 spiro atoms. The van der Waals surface area contributed by atoms with Crippen LogP contribution in [0.2, 0.25) is 0 Å². The predicted octanol–water partition coefficient (Wildman–Crippen LogP) is 4.02. The molecule has 1 aromatic rings. The van der Waals surface area contributed by atoms with Crippen molar-refractivity contribution >= 4 is 61.0 Å². The summed E-state index contributed by atoms with van der Waals surface area (Å²) in [6.45, 7) is 1.72. The van der Waals surface area contributed by atoms with E-state index in [0.717, 1.165) is 6.07 Å². The minimum atomic E-state index is -4.36. The van der Waals surface area contributed by atoms with Gasteiger partial charge in [-0.15, -0.1) is 23.2 Å². The molecule has 0 heterocycles. The number of rotatable bonds is 14. The fraction of sp³-hybridized carbons (Fsp3) is 0.550. The second-order valence-corrected chi connectivity index (χ2v) is 11.6. The minimum Gasteiger partial charge on any atom is -0.494 e. The summed E-state index contributed by atoms with van der Waals surface area (Å²) < 4.78 is 63.6. The molecule has 0 aliphatic heterocycles.